The highest BCUT2D eigenvalue weighted by atomic mass is 16.6. The lowest BCUT2D eigenvalue weighted by atomic mass is 10.0. The number of amides is 2. The number of carbonyl (C=O) groups is 3. The molecule has 0 spiro atoms. The van der Waals surface area contributed by atoms with E-state index in [0.717, 1.165) is 5.56 Å². The molecule has 30 heavy (non-hydrogen) atoms. The standard InChI is InChI=1S/C23H36N2O5/c1-15(2)13-18(21(27)29-14-17-11-9-8-10-12-17)24-20(26)19(16(3)4)25-22(28)30-23(5,6)7/h8-12,15-16,18-19H,13-14H2,1-7H3,(H,24,26)(H,25,28). The van der Waals surface area contributed by atoms with Crippen LogP contribution in [0.4, 0.5) is 4.79 Å². The van der Waals surface area contributed by atoms with Crippen LogP contribution >= 0.6 is 0 Å². The summed E-state index contributed by atoms with van der Waals surface area (Å²) >= 11 is 0. The Labute approximate surface area is 179 Å². The molecule has 1 aromatic rings. The van der Waals surface area contributed by atoms with E-state index in [0.29, 0.717) is 6.42 Å². The minimum absolute atomic E-state index is 0.133. The van der Waals surface area contributed by atoms with E-state index in [1.807, 2.05) is 58.0 Å². The van der Waals surface area contributed by atoms with E-state index in [4.69, 9.17) is 9.47 Å². The molecule has 2 amide bonds. The maximum Gasteiger partial charge on any atom is 0.408 e. The smallest absolute Gasteiger partial charge is 0.408 e. The van der Waals surface area contributed by atoms with Crippen LogP contribution in [0, 0.1) is 11.8 Å². The third-order valence-corrected chi connectivity index (χ3v) is 4.15. The van der Waals surface area contributed by atoms with Crippen LogP contribution in [0.15, 0.2) is 30.3 Å². The molecule has 0 fully saturated rings. The normalized spacial score (nSPS) is 13.5. The third kappa shape index (κ3) is 9.76. The number of rotatable bonds is 9. The molecule has 2 N–H and O–H groups in total. The molecule has 0 radical (unpaired) electrons. The number of esters is 1. The lowest BCUT2D eigenvalue weighted by Gasteiger charge is -2.27. The van der Waals surface area contributed by atoms with Crippen LogP contribution in [0.1, 0.15) is 60.5 Å². The molecule has 168 valence electrons. The fourth-order valence-electron chi connectivity index (χ4n) is 2.75. The minimum atomic E-state index is -0.837. The Balaban J connectivity index is 2.80. The number of hydrogen-bond donors (Lipinski definition) is 2. The zero-order valence-corrected chi connectivity index (χ0v) is 19.2. The predicted molar refractivity (Wildman–Crippen MR) is 116 cm³/mol. The lowest BCUT2D eigenvalue weighted by molar-refractivity contribution is -0.150. The summed E-state index contributed by atoms with van der Waals surface area (Å²) in [4.78, 5) is 37.6. The second kappa shape index (κ2) is 11.6. The van der Waals surface area contributed by atoms with E-state index in [9.17, 15) is 14.4 Å². The molecule has 7 nitrogen and oxygen atoms in total. The van der Waals surface area contributed by atoms with Gasteiger partial charge in [-0.3, -0.25) is 4.79 Å². The van der Waals surface area contributed by atoms with Crippen LogP contribution in [0.3, 0.4) is 0 Å². The van der Waals surface area contributed by atoms with Crippen molar-refractivity contribution in [1.82, 2.24) is 10.6 Å². The summed E-state index contributed by atoms with van der Waals surface area (Å²) in [6, 6.07) is 7.71. The molecule has 2 atom stereocenters. The highest BCUT2D eigenvalue weighted by molar-refractivity contribution is 5.89. The fraction of sp³-hybridized carbons (Fsp3) is 0.609. The minimum Gasteiger partial charge on any atom is -0.459 e. The van der Waals surface area contributed by atoms with Crippen LogP contribution in [-0.4, -0.2) is 35.7 Å². The molecule has 0 bridgehead atoms. The molecule has 0 aromatic heterocycles. The molecular formula is C23H36N2O5. The van der Waals surface area contributed by atoms with Crippen LogP contribution in [0.5, 0.6) is 0 Å². The second-order valence-corrected chi connectivity index (χ2v) is 9.15. The summed E-state index contributed by atoms with van der Waals surface area (Å²) in [5.41, 5.74) is 0.191. The summed E-state index contributed by atoms with van der Waals surface area (Å²) in [5.74, 6) is -0.979. The van der Waals surface area contributed by atoms with Gasteiger partial charge in [-0.05, 0) is 44.6 Å². The molecule has 0 aliphatic heterocycles. The largest absolute Gasteiger partial charge is 0.459 e. The first kappa shape index (κ1) is 25.5. The van der Waals surface area contributed by atoms with Crippen molar-refractivity contribution in [3.8, 4) is 0 Å². The first-order valence-corrected chi connectivity index (χ1v) is 10.4. The number of ether oxygens (including phenoxy) is 2. The van der Waals surface area contributed by atoms with Crippen molar-refractivity contribution < 1.29 is 23.9 Å². The number of hydrogen-bond acceptors (Lipinski definition) is 5. The Morgan fingerprint density at radius 2 is 1.57 bits per heavy atom. The van der Waals surface area contributed by atoms with Gasteiger partial charge in [-0.25, -0.2) is 9.59 Å². The van der Waals surface area contributed by atoms with E-state index in [-0.39, 0.29) is 18.4 Å². The van der Waals surface area contributed by atoms with Crippen molar-refractivity contribution in [3.05, 3.63) is 35.9 Å². The van der Waals surface area contributed by atoms with Gasteiger partial charge < -0.3 is 20.1 Å². The average molecular weight is 421 g/mol. The Morgan fingerprint density at radius 1 is 0.967 bits per heavy atom. The van der Waals surface area contributed by atoms with E-state index in [2.05, 4.69) is 10.6 Å². The summed E-state index contributed by atoms with van der Waals surface area (Å²) in [6.45, 7) is 12.9. The van der Waals surface area contributed by atoms with Gasteiger partial charge >= 0.3 is 12.1 Å². The fourth-order valence-corrected chi connectivity index (χ4v) is 2.75. The van der Waals surface area contributed by atoms with Crippen LogP contribution < -0.4 is 10.6 Å². The van der Waals surface area contributed by atoms with Crippen molar-refractivity contribution >= 4 is 18.0 Å². The number of alkyl carbamates (subject to hydrolysis) is 1. The van der Waals surface area contributed by atoms with Gasteiger partial charge in [-0.15, -0.1) is 0 Å². The van der Waals surface area contributed by atoms with Crippen LogP contribution in [0.2, 0.25) is 0 Å². The van der Waals surface area contributed by atoms with Gasteiger partial charge in [0.2, 0.25) is 5.91 Å². The van der Waals surface area contributed by atoms with Crippen molar-refractivity contribution in [2.45, 2.75) is 79.2 Å². The first-order valence-electron chi connectivity index (χ1n) is 10.4. The second-order valence-electron chi connectivity index (χ2n) is 9.15. The number of carbonyl (C=O) groups excluding carboxylic acids is 3. The highest BCUT2D eigenvalue weighted by Gasteiger charge is 2.31. The Bertz CT molecular complexity index is 695. The van der Waals surface area contributed by atoms with Crippen molar-refractivity contribution in [3.63, 3.8) is 0 Å². The van der Waals surface area contributed by atoms with E-state index in [1.165, 1.54) is 0 Å². The van der Waals surface area contributed by atoms with Crippen molar-refractivity contribution in [2.75, 3.05) is 0 Å². The average Bonchev–Trinajstić information content (AvgIpc) is 2.62. The molecule has 7 heteroatoms. The van der Waals surface area contributed by atoms with Crippen molar-refractivity contribution in [2.24, 2.45) is 11.8 Å². The number of benzene rings is 1. The van der Waals surface area contributed by atoms with E-state index in [1.54, 1.807) is 20.8 Å². The van der Waals surface area contributed by atoms with Crippen LogP contribution in [0.25, 0.3) is 0 Å². The first-order chi connectivity index (χ1) is 13.9. The zero-order valence-electron chi connectivity index (χ0n) is 19.2. The van der Waals surface area contributed by atoms with E-state index >= 15 is 0 Å². The Kier molecular flexibility index (Phi) is 9.82. The molecule has 0 heterocycles. The highest BCUT2D eigenvalue weighted by Crippen LogP contribution is 2.12. The number of nitrogens with one attached hydrogen (secondary N) is 2. The van der Waals surface area contributed by atoms with Gasteiger partial charge in [0.05, 0.1) is 0 Å². The van der Waals surface area contributed by atoms with E-state index < -0.39 is 35.7 Å². The van der Waals surface area contributed by atoms with Gasteiger partial charge in [0.15, 0.2) is 0 Å². The summed E-state index contributed by atoms with van der Waals surface area (Å²) < 4.78 is 10.7. The molecular weight excluding hydrogens is 384 g/mol. The maximum atomic E-state index is 12.9. The molecule has 0 saturated heterocycles. The molecule has 0 aliphatic rings. The molecule has 2 unspecified atom stereocenters. The molecule has 0 saturated carbocycles. The van der Waals surface area contributed by atoms with Gasteiger partial charge in [0, 0.05) is 0 Å². The molecule has 0 aliphatic carbocycles. The lowest BCUT2D eigenvalue weighted by Crippen LogP contribution is -2.54. The van der Waals surface area contributed by atoms with Gasteiger partial charge in [0.1, 0.15) is 24.3 Å². The predicted octanol–water partition coefficient (Wildman–Crippen LogP) is 3.81. The Morgan fingerprint density at radius 3 is 2.07 bits per heavy atom. The SMILES string of the molecule is CC(C)CC(NC(=O)C(NC(=O)OC(C)(C)C)C(C)C)C(=O)OCc1ccccc1. The van der Waals surface area contributed by atoms with Gasteiger partial charge in [-0.2, -0.15) is 0 Å². The molecule has 1 rings (SSSR count). The quantitative estimate of drug-likeness (QED) is 0.593. The Hall–Kier alpha value is -2.57. The summed E-state index contributed by atoms with van der Waals surface area (Å²) in [6.07, 6.45) is -0.250. The summed E-state index contributed by atoms with van der Waals surface area (Å²) in [7, 11) is 0. The molecule has 1 aromatic carbocycles. The monoisotopic (exact) mass is 420 g/mol. The van der Waals surface area contributed by atoms with Gasteiger partial charge in [0.25, 0.3) is 0 Å². The van der Waals surface area contributed by atoms with Gasteiger partial charge in [-0.1, -0.05) is 58.0 Å². The maximum absolute atomic E-state index is 12.9. The topological polar surface area (TPSA) is 93.7 Å². The zero-order chi connectivity index (χ0) is 22.9. The van der Waals surface area contributed by atoms with Crippen molar-refractivity contribution in [1.29, 1.82) is 0 Å². The third-order valence-electron chi connectivity index (χ3n) is 4.15. The van der Waals surface area contributed by atoms with Crippen LogP contribution in [-0.2, 0) is 25.7 Å². The summed E-state index contributed by atoms with van der Waals surface area (Å²) in [5, 5.41) is 5.35.